The van der Waals surface area contributed by atoms with Gasteiger partial charge in [-0.05, 0) is 53.9 Å². The van der Waals surface area contributed by atoms with Crippen LogP contribution in [0.3, 0.4) is 0 Å². The van der Waals surface area contributed by atoms with E-state index >= 15 is 0 Å². The molecule has 4 aromatic rings. The number of aryl methyl sites for hydroxylation is 1. The van der Waals surface area contributed by atoms with Crippen LogP contribution in [0.25, 0.3) is 5.65 Å². The van der Waals surface area contributed by atoms with Gasteiger partial charge in [-0.1, -0.05) is 30.3 Å². The maximum absolute atomic E-state index is 12.5. The maximum atomic E-state index is 12.5. The van der Waals surface area contributed by atoms with Gasteiger partial charge in [-0.15, -0.1) is 0 Å². The first kappa shape index (κ1) is 20.2. The number of benzene rings is 2. The first-order valence-corrected chi connectivity index (χ1v) is 10.0. The predicted octanol–water partition coefficient (Wildman–Crippen LogP) is 4.47. The third-order valence-corrected chi connectivity index (χ3v) is 4.89. The molecule has 0 fully saturated rings. The second-order valence-electron chi connectivity index (χ2n) is 7.35. The Hall–Kier alpha value is -4.11. The zero-order valence-electron chi connectivity index (χ0n) is 17.2. The van der Waals surface area contributed by atoms with E-state index in [4.69, 9.17) is 10.00 Å². The van der Waals surface area contributed by atoms with Crippen molar-refractivity contribution in [2.24, 2.45) is 0 Å². The Morgan fingerprint density at radius 2 is 1.97 bits per heavy atom. The summed E-state index contributed by atoms with van der Waals surface area (Å²) >= 11 is 0. The molecule has 0 aliphatic rings. The Morgan fingerprint density at radius 1 is 1.13 bits per heavy atom. The average Bonchev–Trinajstić information content (AvgIpc) is 3.17. The summed E-state index contributed by atoms with van der Waals surface area (Å²) in [6.45, 7) is 2.38. The average molecular weight is 410 g/mol. The van der Waals surface area contributed by atoms with E-state index < -0.39 is 0 Å². The lowest BCUT2D eigenvalue weighted by molar-refractivity contribution is -0.115. The SMILES string of the molecule is Cc1cccn2cc(CC(=O)Nc3cccc(COc4ccc(CC#N)cc4)c3)nc12. The van der Waals surface area contributed by atoms with Crippen LogP contribution >= 0.6 is 0 Å². The van der Waals surface area contributed by atoms with Crippen LogP contribution in [-0.4, -0.2) is 15.3 Å². The third kappa shape index (κ3) is 5.09. The van der Waals surface area contributed by atoms with Crippen LogP contribution in [0.1, 0.15) is 22.4 Å². The molecule has 0 atom stereocenters. The topological polar surface area (TPSA) is 79.4 Å². The summed E-state index contributed by atoms with van der Waals surface area (Å²) < 4.78 is 7.75. The van der Waals surface area contributed by atoms with E-state index in [1.54, 1.807) is 0 Å². The third-order valence-electron chi connectivity index (χ3n) is 4.89. The Morgan fingerprint density at radius 3 is 2.74 bits per heavy atom. The van der Waals surface area contributed by atoms with E-state index in [2.05, 4.69) is 16.4 Å². The van der Waals surface area contributed by atoms with Crippen molar-refractivity contribution in [2.45, 2.75) is 26.4 Å². The molecule has 0 bridgehead atoms. The zero-order valence-corrected chi connectivity index (χ0v) is 17.2. The second kappa shape index (κ2) is 9.14. The summed E-state index contributed by atoms with van der Waals surface area (Å²) in [5.74, 6) is 0.616. The number of fused-ring (bicyclic) bond motifs is 1. The molecular weight excluding hydrogens is 388 g/mol. The molecular formula is C25H22N4O2. The first-order valence-electron chi connectivity index (χ1n) is 10.0. The molecule has 1 N–H and O–H groups in total. The summed E-state index contributed by atoms with van der Waals surface area (Å²) in [4.78, 5) is 17.1. The Bertz CT molecular complexity index is 1250. The molecule has 31 heavy (non-hydrogen) atoms. The van der Waals surface area contributed by atoms with Crippen molar-refractivity contribution >= 4 is 17.2 Å². The van der Waals surface area contributed by atoms with Gasteiger partial charge in [0, 0.05) is 18.1 Å². The lowest BCUT2D eigenvalue weighted by atomic mass is 10.1. The minimum Gasteiger partial charge on any atom is -0.489 e. The van der Waals surface area contributed by atoms with Crippen molar-refractivity contribution in [3.63, 3.8) is 0 Å². The summed E-state index contributed by atoms with van der Waals surface area (Å²) in [6.07, 6.45) is 4.40. The minimum absolute atomic E-state index is 0.118. The monoisotopic (exact) mass is 410 g/mol. The Kier molecular flexibility index (Phi) is 5.95. The van der Waals surface area contributed by atoms with Crippen molar-refractivity contribution in [3.8, 4) is 11.8 Å². The van der Waals surface area contributed by atoms with Gasteiger partial charge in [0.2, 0.25) is 5.91 Å². The van der Waals surface area contributed by atoms with Gasteiger partial charge in [0.1, 0.15) is 18.0 Å². The number of nitriles is 1. The molecule has 0 unspecified atom stereocenters. The summed E-state index contributed by atoms with van der Waals surface area (Å²) in [7, 11) is 0. The Balaban J connectivity index is 1.35. The van der Waals surface area contributed by atoms with Gasteiger partial charge in [0.15, 0.2) is 0 Å². The number of ether oxygens (including phenoxy) is 1. The fraction of sp³-hybridized carbons (Fsp3) is 0.160. The molecule has 4 rings (SSSR count). The number of rotatable bonds is 7. The van der Waals surface area contributed by atoms with Gasteiger partial charge in [-0.2, -0.15) is 5.26 Å². The number of anilines is 1. The molecule has 154 valence electrons. The molecule has 0 aliphatic carbocycles. The number of imidazole rings is 1. The van der Waals surface area contributed by atoms with Crippen LogP contribution in [-0.2, 0) is 24.2 Å². The summed E-state index contributed by atoms with van der Waals surface area (Å²) in [6, 6.07) is 21.2. The van der Waals surface area contributed by atoms with Crippen molar-refractivity contribution < 1.29 is 9.53 Å². The van der Waals surface area contributed by atoms with Crippen molar-refractivity contribution in [1.82, 2.24) is 9.38 Å². The number of carbonyl (C=O) groups is 1. The number of hydrogen-bond donors (Lipinski definition) is 1. The summed E-state index contributed by atoms with van der Waals surface area (Å²) in [5, 5.41) is 11.7. The van der Waals surface area contributed by atoms with Crippen LogP contribution in [0.5, 0.6) is 5.75 Å². The highest BCUT2D eigenvalue weighted by molar-refractivity contribution is 5.92. The van der Waals surface area contributed by atoms with Crippen LogP contribution in [0.2, 0.25) is 0 Å². The molecule has 1 amide bonds. The number of hydrogen-bond acceptors (Lipinski definition) is 4. The fourth-order valence-electron chi connectivity index (χ4n) is 3.36. The van der Waals surface area contributed by atoms with Gasteiger partial charge in [0.25, 0.3) is 0 Å². The molecule has 2 aromatic carbocycles. The van der Waals surface area contributed by atoms with Gasteiger partial charge in [-0.25, -0.2) is 4.98 Å². The van der Waals surface area contributed by atoms with Gasteiger partial charge in [-0.3, -0.25) is 4.79 Å². The van der Waals surface area contributed by atoms with E-state index in [9.17, 15) is 4.79 Å². The van der Waals surface area contributed by atoms with Gasteiger partial charge >= 0.3 is 0 Å². The Labute approximate surface area is 180 Å². The van der Waals surface area contributed by atoms with Gasteiger partial charge in [0.05, 0.1) is 24.6 Å². The molecule has 2 aromatic heterocycles. The maximum Gasteiger partial charge on any atom is 0.230 e. The number of pyridine rings is 1. The van der Waals surface area contributed by atoms with Crippen LogP contribution in [0, 0.1) is 18.3 Å². The minimum atomic E-state index is -0.118. The zero-order chi connectivity index (χ0) is 21.6. The van der Waals surface area contributed by atoms with Crippen molar-refractivity contribution in [1.29, 1.82) is 5.26 Å². The normalized spacial score (nSPS) is 10.6. The highest BCUT2D eigenvalue weighted by atomic mass is 16.5. The fourth-order valence-corrected chi connectivity index (χ4v) is 3.36. The number of nitrogens with zero attached hydrogens (tertiary/aromatic N) is 3. The van der Waals surface area contributed by atoms with E-state index in [0.29, 0.717) is 13.0 Å². The quantitative estimate of drug-likeness (QED) is 0.488. The lowest BCUT2D eigenvalue weighted by Crippen LogP contribution is -2.14. The predicted molar refractivity (Wildman–Crippen MR) is 119 cm³/mol. The molecule has 0 spiro atoms. The number of aromatic nitrogens is 2. The standard InChI is InChI=1S/C25H22N4O2/c1-18-4-3-13-29-16-22(28-25(18)29)15-24(30)27-21-6-2-5-20(14-21)17-31-23-9-7-19(8-10-23)11-12-26/h2-10,13-14,16H,11,15,17H2,1H3,(H,27,30). The largest absolute Gasteiger partial charge is 0.489 e. The number of nitrogens with one attached hydrogen (secondary N) is 1. The van der Waals surface area contributed by atoms with Crippen molar-refractivity contribution in [2.75, 3.05) is 5.32 Å². The first-order chi connectivity index (χ1) is 15.1. The van der Waals surface area contributed by atoms with E-state index in [0.717, 1.165) is 39.5 Å². The molecule has 0 radical (unpaired) electrons. The second-order valence-corrected chi connectivity index (χ2v) is 7.35. The van der Waals surface area contributed by atoms with E-state index in [1.807, 2.05) is 84.4 Å². The van der Waals surface area contributed by atoms with Crippen molar-refractivity contribution in [3.05, 3.63) is 95.4 Å². The van der Waals surface area contributed by atoms with Crippen LogP contribution in [0.15, 0.2) is 73.1 Å². The number of carbonyl (C=O) groups excluding carboxylic acids is 1. The molecule has 0 saturated carbocycles. The molecule has 2 heterocycles. The highest BCUT2D eigenvalue weighted by Crippen LogP contribution is 2.17. The molecule has 0 saturated heterocycles. The van der Waals surface area contributed by atoms with E-state index in [-0.39, 0.29) is 12.3 Å². The van der Waals surface area contributed by atoms with E-state index in [1.165, 1.54) is 0 Å². The van der Waals surface area contributed by atoms with Gasteiger partial charge < -0.3 is 14.5 Å². The molecule has 6 heteroatoms. The molecule has 0 aliphatic heterocycles. The molecule has 6 nitrogen and oxygen atoms in total. The van der Waals surface area contributed by atoms with Crippen LogP contribution < -0.4 is 10.1 Å². The van der Waals surface area contributed by atoms with Crippen LogP contribution in [0.4, 0.5) is 5.69 Å². The highest BCUT2D eigenvalue weighted by Gasteiger charge is 2.09. The smallest absolute Gasteiger partial charge is 0.230 e. The lowest BCUT2D eigenvalue weighted by Gasteiger charge is -2.09. The number of amides is 1. The summed E-state index contributed by atoms with van der Waals surface area (Å²) in [5.41, 5.74) is 5.29.